The minimum absolute atomic E-state index is 0.811. The molecule has 0 unspecified atom stereocenters. The van der Waals surface area contributed by atoms with Gasteiger partial charge in [-0.15, -0.1) is 0 Å². The van der Waals surface area contributed by atoms with Crippen LogP contribution >= 0.6 is 0 Å². The third-order valence-electron chi connectivity index (χ3n) is 3.42. The molecule has 0 aliphatic heterocycles. The van der Waals surface area contributed by atoms with E-state index in [9.17, 15) is 0 Å². The van der Waals surface area contributed by atoms with Crippen molar-refractivity contribution in [2.45, 2.75) is 19.8 Å². The summed E-state index contributed by atoms with van der Waals surface area (Å²) in [5.41, 5.74) is 2.38. The zero-order valence-electron chi connectivity index (χ0n) is 13.6. The Bertz CT molecular complexity index is 583. The van der Waals surface area contributed by atoms with E-state index < -0.39 is 0 Å². The van der Waals surface area contributed by atoms with Gasteiger partial charge in [-0.05, 0) is 45.1 Å². The lowest BCUT2D eigenvalue weighted by Crippen LogP contribution is -2.16. The molecule has 0 fully saturated rings. The number of para-hydroxylation sites is 1. The Morgan fingerprint density at radius 1 is 1.09 bits per heavy atom. The van der Waals surface area contributed by atoms with Crippen molar-refractivity contribution < 1.29 is 0 Å². The molecule has 0 saturated heterocycles. The standard InChI is InChI=1S/C17H25N5/c1-4-14-8-5-6-9-15(14)21-17-12-16(19-13-20-17)18-10-7-11-22(2)3/h5-6,8-9,12-13H,4,7,10-11H2,1-3H3,(H2,18,19,20,21). The van der Waals surface area contributed by atoms with Gasteiger partial charge in [-0.1, -0.05) is 25.1 Å². The van der Waals surface area contributed by atoms with Gasteiger partial charge < -0.3 is 15.5 Å². The molecular formula is C17H25N5. The SMILES string of the molecule is CCc1ccccc1Nc1cc(NCCCN(C)C)ncn1. The van der Waals surface area contributed by atoms with Gasteiger partial charge in [0.15, 0.2) is 0 Å². The van der Waals surface area contributed by atoms with Crippen molar-refractivity contribution in [2.75, 3.05) is 37.8 Å². The van der Waals surface area contributed by atoms with Gasteiger partial charge in [0, 0.05) is 18.3 Å². The summed E-state index contributed by atoms with van der Waals surface area (Å²) in [5, 5.41) is 6.71. The Morgan fingerprint density at radius 2 is 1.86 bits per heavy atom. The fraction of sp³-hybridized carbons (Fsp3) is 0.412. The second-order valence-corrected chi connectivity index (χ2v) is 5.51. The molecule has 1 aromatic carbocycles. The lowest BCUT2D eigenvalue weighted by Gasteiger charge is -2.12. The molecule has 0 radical (unpaired) electrons. The Morgan fingerprint density at radius 3 is 2.64 bits per heavy atom. The molecule has 118 valence electrons. The predicted octanol–water partition coefficient (Wildman–Crippen LogP) is 3.15. The molecule has 0 aliphatic carbocycles. The van der Waals surface area contributed by atoms with E-state index in [1.807, 2.05) is 12.1 Å². The highest BCUT2D eigenvalue weighted by atomic mass is 15.1. The molecule has 2 aromatic rings. The summed E-state index contributed by atoms with van der Waals surface area (Å²) in [4.78, 5) is 10.7. The monoisotopic (exact) mass is 299 g/mol. The molecule has 0 bridgehead atoms. The van der Waals surface area contributed by atoms with Crippen molar-refractivity contribution in [1.29, 1.82) is 0 Å². The zero-order valence-corrected chi connectivity index (χ0v) is 13.6. The highest BCUT2D eigenvalue weighted by molar-refractivity contribution is 5.62. The summed E-state index contributed by atoms with van der Waals surface area (Å²) >= 11 is 0. The zero-order chi connectivity index (χ0) is 15.8. The number of nitrogens with one attached hydrogen (secondary N) is 2. The highest BCUT2D eigenvalue weighted by Gasteiger charge is 2.03. The number of anilines is 3. The molecule has 22 heavy (non-hydrogen) atoms. The van der Waals surface area contributed by atoms with E-state index in [1.165, 1.54) is 5.56 Å². The van der Waals surface area contributed by atoms with Gasteiger partial charge in [0.2, 0.25) is 0 Å². The van der Waals surface area contributed by atoms with E-state index >= 15 is 0 Å². The van der Waals surface area contributed by atoms with Crippen LogP contribution in [0.3, 0.4) is 0 Å². The normalized spacial score (nSPS) is 10.7. The minimum atomic E-state index is 0.811. The molecule has 5 nitrogen and oxygen atoms in total. The first-order chi connectivity index (χ1) is 10.7. The average molecular weight is 299 g/mol. The summed E-state index contributed by atoms with van der Waals surface area (Å²) in [7, 11) is 4.16. The lowest BCUT2D eigenvalue weighted by atomic mass is 10.1. The molecule has 0 aliphatic rings. The van der Waals surface area contributed by atoms with Crippen LogP contribution in [0.4, 0.5) is 17.3 Å². The minimum Gasteiger partial charge on any atom is -0.370 e. The molecule has 2 rings (SSSR count). The summed E-state index contributed by atoms with van der Waals surface area (Å²) in [5.74, 6) is 1.66. The average Bonchev–Trinajstić information content (AvgIpc) is 2.52. The Hall–Kier alpha value is -2.14. The molecule has 0 saturated carbocycles. The third kappa shape index (κ3) is 5.00. The van der Waals surface area contributed by atoms with Gasteiger partial charge in [0.05, 0.1) is 0 Å². The largest absolute Gasteiger partial charge is 0.370 e. The van der Waals surface area contributed by atoms with Crippen LogP contribution in [0.2, 0.25) is 0 Å². The van der Waals surface area contributed by atoms with E-state index in [2.05, 4.69) is 64.7 Å². The van der Waals surface area contributed by atoms with E-state index in [-0.39, 0.29) is 0 Å². The van der Waals surface area contributed by atoms with E-state index in [0.717, 1.165) is 43.3 Å². The maximum atomic E-state index is 4.30. The molecule has 5 heteroatoms. The number of benzene rings is 1. The fourth-order valence-electron chi connectivity index (χ4n) is 2.22. The van der Waals surface area contributed by atoms with Crippen molar-refractivity contribution >= 4 is 17.3 Å². The maximum absolute atomic E-state index is 4.30. The first-order valence-electron chi connectivity index (χ1n) is 7.74. The second kappa shape index (κ2) is 8.34. The summed E-state index contributed by atoms with van der Waals surface area (Å²) in [6.07, 6.45) is 3.66. The lowest BCUT2D eigenvalue weighted by molar-refractivity contribution is 0.405. The first kappa shape index (κ1) is 16.2. The van der Waals surface area contributed by atoms with Crippen molar-refractivity contribution in [3.8, 4) is 0 Å². The van der Waals surface area contributed by atoms with Crippen molar-refractivity contribution in [3.63, 3.8) is 0 Å². The quantitative estimate of drug-likeness (QED) is 0.733. The summed E-state index contributed by atoms with van der Waals surface area (Å²) in [6, 6.07) is 10.2. The van der Waals surface area contributed by atoms with Gasteiger partial charge in [0.25, 0.3) is 0 Å². The molecule has 1 heterocycles. The van der Waals surface area contributed by atoms with Gasteiger partial charge in [-0.2, -0.15) is 0 Å². The van der Waals surface area contributed by atoms with Crippen molar-refractivity contribution in [2.24, 2.45) is 0 Å². The predicted molar refractivity (Wildman–Crippen MR) is 92.8 cm³/mol. The topological polar surface area (TPSA) is 53.1 Å². The Kier molecular flexibility index (Phi) is 6.15. The van der Waals surface area contributed by atoms with Gasteiger partial charge in [-0.25, -0.2) is 9.97 Å². The highest BCUT2D eigenvalue weighted by Crippen LogP contribution is 2.20. The molecule has 0 atom stereocenters. The van der Waals surface area contributed by atoms with E-state index in [1.54, 1.807) is 6.33 Å². The van der Waals surface area contributed by atoms with E-state index in [0.29, 0.717) is 0 Å². The van der Waals surface area contributed by atoms with Crippen molar-refractivity contribution in [1.82, 2.24) is 14.9 Å². The van der Waals surface area contributed by atoms with Crippen LogP contribution in [0.1, 0.15) is 18.9 Å². The van der Waals surface area contributed by atoms with Crippen LogP contribution in [-0.4, -0.2) is 42.1 Å². The second-order valence-electron chi connectivity index (χ2n) is 5.51. The first-order valence-corrected chi connectivity index (χ1v) is 7.74. The van der Waals surface area contributed by atoms with Crippen molar-refractivity contribution in [3.05, 3.63) is 42.2 Å². The van der Waals surface area contributed by atoms with Crippen LogP contribution < -0.4 is 10.6 Å². The summed E-state index contributed by atoms with van der Waals surface area (Å²) in [6.45, 7) is 4.12. The molecular weight excluding hydrogens is 274 g/mol. The summed E-state index contributed by atoms with van der Waals surface area (Å²) < 4.78 is 0. The van der Waals surface area contributed by atoms with Crippen LogP contribution in [0.5, 0.6) is 0 Å². The van der Waals surface area contributed by atoms with Gasteiger partial charge >= 0.3 is 0 Å². The molecule has 0 spiro atoms. The number of aromatic nitrogens is 2. The molecule has 2 N–H and O–H groups in total. The Balaban J connectivity index is 1.96. The third-order valence-corrected chi connectivity index (χ3v) is 3.42. The molecule has 0 amide bonds. The van der Waals surface area contributed by atoms with Crippen LogP contribution in [0.25, 0.3) is 0 Å². The van der Waals surface area contributed by atoms with Crippen LogP contribution in [0.15, 0.2) is 36.7 Å². The van der Waals surface area contributed by atoms with E-state index in [4.69, 9.17) is 0 Å². The fourth-order valence-corrected chi connectivity index (χ4v) is 2.22. The maximum Gasteiger partial charge on any atom is 0.135 e. The number of aryl methyl sites for hydroxylation is 1. The van der Waals surface area contributed by atoms with Gasteiger partial charge in [0.1, 0.15) is 18.0 Å². The number of nitrogens with zero attached hydrogens (tertiary/aromatic N) is 3. The molecule has 1 aromatic heterocycles. The van der Waals surface area contributed by atoms with Crippen LogP contribution in [0, 0.1) is 0 Å². The number of rotatable bonds is 8. The Labute approximate surface area is 132 Å². The number of hydrogen-bond acceptors (Lipinski definition) is 5. The van der Waals surface area contributed by atoms with Crippen LogP contribution in [-0.2, 0) is 6.42 Å². The smallest absolute Gasteiger partial charge is 0.135 e. The van der Waals surface area contributed by atoms with Gasteiger partial charge in [-0.3, -0.25) is 0 Å². The number of hydrogen-bond donors (Lipinski definition) is 2.